The molecule has 0 aliphatic carbocycles. The van der Waals surface area contributed by atoms with Crippen molar-refractivity contribution in [3.8, 4) is 0 Å². The Balaban J connectivity index is 2.66. The van der Waals surface area contributed by atoms with Crippen LogP contribution in [-0.2, 0) is 0 Å². The van der Waals surface area contributed by atoms with Gasteiger partial charge in [-0.3, -0.25) is 0 Å². The van der Waals surface area contributed by atoms with Gasteiger partial charge in [-0.25, -0.2) is 9.59 Å². The van der Waals surface area contributed by atoms with Crippen molar-refractivity contribution in [2.75, 3.05) is 18.9 Å². The smallest absolute Gasteiger partial charge is 0.335 e. The number of benzene rings is 1. The van der Waals surface area contributed by atoms with Crippen molar-refractivity contribution in [1.29, 1.82) is 0 Å². The number of nitrogens with one attached hydrogen (secondary N) is 1. The molecule has 2 amide bonds. The van der Waals surface area contributed by atoms with Gasteiger partial charge in [0, 0.05) is 19.3 Å². The van der Waals surface area contributed by atoms with E-state index in [0.29, 0.717) is 12.2 Å². The van der Waals surface area contributed by atoms with Crippen molar-refractivity contribution in [1.82, 2.24) is 4.90 Å². The van der Waals surface area contributed by atoms with E-state index in [1.54, 1.807) is 24.9 Å². The van der Waals surface area contributed by atoms with Crippen LogP contribution in [0.2, 0.25) is 0 Å². The van der Waals surface area contributed by atoms with Crippen LogP contribution in [0.3, 0.4) is 0 Å². The summed E-state index contributed by atoms with van der Waals surface area (Å²) in [7, 11) is 1.72. The molecule has 0 heterocycles. The Morgan fingerprint density at radius 2 is 2.15 bits per heavy atom. The summed E-state index contributed by atoms with van der Waals surface area (Å²) in [5.41, 5.74) is 1.55. The number of urea groups is 1. The predicted molar refractivity (Wildman–Crippen MR) is 79.2 cm³/mol. The van der Waals surface area contributed by atoms with Crippen LogP contribution in [0.25, 0.3) is 0 Å². The number of carboxylic acid groups (broad SMARTS) is 1. The molecule has 0 bridgehead atoms. The second kappa shape index (κ2) is 7.33. The number of hydrogen-bond donors (Lipinski definition) is 2. The molecule has 0 fully saturated rings. The number of carbonyl (C=O) groups excluding carboxylic acids is 1. The number of amides is 2. The van der Waals surface area contributed by atoms with Gasteiger partial charge in [-0.05, 0) is 43.5 Å². The van der Waals surface area contributed by atoms with Gasteiger partial charge in [0.05, 0.1) is 5.56 Å². The summed E-state index contributed by atoms with van der Waals surface area (Å²) < 4.78 is 0. The van der Waals surface area contributed by atoms with Crippen molar-refractivity contribution in [2.24, 2.45) is 0 Å². The number of carbonyl (C=O) groups is 2. The number of aryl methyl sites for hydroxylation is 1. The van der Waals surface area contributed by atoms with Gasteiger partial charge in [0.25, 0.3) is 0 Å². The number of carboxylic acids is 1. The zero-order valence-corrected chi connectivity index (χ0v) is 11.8. The van der Waals surface area contributed by atoms with Gasteiger partial charge in [-0.1, -0.05) is 6.08 Å². The second-order valence-electron chi connectivity index (χ2n) is 4.62. The van der Waals surface area contributed by atoms with Gasteiger partial charge in [-0.15, -0.1) is 6.58 Å². The molecule has 1 aromatic rings. The molecule has 0 aliphatic heterocycles. The Bertz CT molecular complexity index is 512. The van der Waals surface area contributed by atoms with Crippen LogP contribution in [-0.4, -0.2) is 35.6 Å². The maximum Gasteiger partial charge on any atom is 0.335 e. The first kappa shape index (κ1) is 15.8. The van der Waals surface area contributed by atoms with Gasteiger partial charge in [-0.2, -0.15) is 0 Å². The third-order valence-corrected chi connectivity index (χ3v) is 2.96. The second-order valence-corrected chi connectivity index (χ2v) is 4.62. The third kappa shape index (κ3) is 4.42. The van der Waals surface area contributed by atoms with Crippen molar-refractivity contribution in [2.45, 2.75) is 19.8 Å². The van der Waals surface area contributed by atoms with Crippen molar-refractivity contribution >= 4 is 17.7 Å². The average molecular weight is 276 g/mol. The molecule has 108 valence electrons. The molecule has 0 saturated carbocycles. The molecule has 1 rings (SSSR count). The number of unbranched alkanes of at least 4 members (excludes halogenated alkanes) is 1. The monoisotopic (exact) mass is 276 g/mol. The lowest BCUT2D eigenvalue weighted by Gasteiger charge is -2.18. The van der Waals surface area contributed by atoms with Gasteiger partial charge < -0.3 is 15.3 Å². The molecular formula is C15H20N2O3. The fourth-order valence-electron chi connectivity index (χ4n) is 1.72. The van der Waals surface area contributed by atoms with Crippen LogP contribution in [0.15, 0.2) is 30.9 Å². The summed E-state index contributed by atoms with van der Waals surface area (Å²) >= 11 is 0. The quantitative estimate of drug-likeness (QED) is 0.619. The molecule has 0 spiro atoms. The molecule has 1 aromatic carbocycles. The molecule has 5 nitrogen and oxygen atoms in total. The Morgan fingerprint density at radius 1 is 1.45 bits per heavy atom. The highest BCUT2D eigenvalue weighted by Gasteiger charge is 2.11. The van der Waals surface area contributed by atoms with Crippen LogP contribution < -0.4 is 5.32 Å². The first-order valence-electron chi connectivity index (χ1n) is 6.42. The minimum absolute atomic E-state index is 0.208. The number of anilines is 1. The van der Waals surface area contributed by atoms with Gasteiger partial charge in [0.15, 0.2) is 0 Å². The van der Waals surface area contributed by atoms with Crippen LogP contribution in [0, 0.1) is 6.92 Å². The lowest BCUT2D eigenvalue weighted by atomic mass is 10.1. The number of allylic oxidation sites excluding steroid dienone is 1. The van der Waals surface area contributed by atoms with Crippen molar-refractivity contribution < 1.29 is 14.7 Å². The zero-order chi connectivity index (χ0) is 15.1. The Labute approximate surface area is 118 Å². The minimum Gasteiger partial charge on any atom is -0.478 e. The maximum absolute atomic E-state index is 12.0. The Kier molecular flexibility index (Phi) is 5.77. The maximum atomic E-state index is 12.0. The summed E-state index contributed by atoms with van der Waals surface area (Å²) in [6, 6.07) is 4.41. The molecule has 0 aliphatic rings. The van der Waals surface area contributed by atoms with E-state index in [1.807, 2.05) is 6.08 Å². The summed E-state index contributed by atoms with van der Waals surface area (Å²) in [6.07, 6.45) is 3.55. The van der Waals surface area contributed by atoms with Gasteiger partial charge in [0.2, 0.25) is 0 Å². The number of rotatable bonds is 6. The fourth-order valence-corrected chi connectivity index (χ4v) is 1.72. The van der Waals surface area contributed by atoms with E-state index in [-0.39, 0.29) is 11.6 Å². The standard InChI is InChI=1S/C15H20N2O3/c1-4-5-6-9-17(3)15(20)16-13-8-7-12(14(18)19)10-11(13)2/h4,7-8,10H,1,5-6,9H2,2-3H3,(H,16,20)(H,18,19). The zero-order valence-electron chi connectivity index (χ0n) is 11.8. The number of nitrogens with zero attached hydrogens (tertiary/aromatic N) is 1. The molecule has 0 saturated heterocycles. The normalized spacial score (nSPS) is 9.90. The predicted octanol–water partition coefficient (Wildman–Crippen LogP) is 3.12. The van der Waals surface area contributed by atoms with Gasteiger partial charge in [0.1, 0.15) is 0 Å². The molecule has 0 atom stereocenters. The van der Waals surface area contributed by atoms with Gasteiger partial charge >= 0.3 is 12.0 Å². The summed E-state index contributed by atoms with van der Waals surface area (Å²) in [5.74, 6) is -0.979. The van der Waals surface area contributed by atoms with E-state index in [9.17, 15) is 9.59 Å². The molecular weight excluding hydrogens is 256 g/mol. The molecule has 5 heteroatoms. The molecule has 0 aromatic heterocycles. The number of hydrogen-bond acceptors (Lipinski definition) is 2. The van der Waals surface area contributed by atoms with E-state index in [0.717, 1.165) is 18.4 Å². The number of aromatic carboxylic acids is 1. The van der Waals surface area contributed by atoms with E-state index in [1.165, 1.54) is 12.1 Å². The SMILES string of the molecule is C=CCCCN(C)C(=O)Nc1ccc(C(=O)O)cc1C. The first-order chi connectivity index (χ1) is 9.45. The molecule has 0 radical (unpaired) electrons. The summed E-state index contributed by atoms with van der Waals surface area (Å²) in [6.45, 7) is 6.04. The van der Waals surface area contributed by atoms with Crippen molar-refractivity contribution in [3.63, 3.8) is 0 Å². The van der Waals surface area contributed by atoms with E-state index >= 15 is 0 Å². The van der Waals surface area contributed by atoms with Crippen molar-refractivity contribution in [3.05, 3.63) is 42.0 Å². The van der Waals surface area contributed by atoms with E-state index in [4.69, 9.17) is 5.11 Å². The highest BCUT2D eigenvalue weighted by molar-refractivity contribution is 5.92. The van der Waals surface area contributed by atoms with Crippen LogP contribution in [0.5, 0.6) is 0 Å². The van der Waals surface area contributed by atoms with Crippen LogP contribution >= 0.6 is 0 Å². The molecule has 0 unspecified atom stereocenters. The average Bonchev–Trinajstić information content (AvgIpc) is 2.40. The largest absolute Gasteiger partial charge is 0.478 e. The lowest BCUT2D eigenvalue weighted by Crippen LogP contribution is -2.32. The van der Waals surface area contributed by atoms with Crippen LogP contribution in [0.4, 0.5) is 10.5 Å². The summed E-state index contributed by atoms with van der Waals surface area (Å²) in [4.78, 5) is 24.4. The topological polar surface area (TPSA) is 69.6 Å². The molecule has 2 N–H and O–H groups in total. The lowest BCUT2D eigenvalue weighted by molar-refractivity contribution is 0.0697. The Morgan fingerprint density at radius 3 is 2.70 bits per heavy atom. The van der Waals surface area contributed by atoms with Crippen LogP contribution in [0.1, 0.15) is 28.8 Å². The van der Waals surface area contributed by atoms with E-state index in [2.05, 4.69) is 11.9 Å². The van der Waals surface area contributed by atoms with E-state index < -0.39 is 5.97 Å². The summed E-state index contributed by atoms with van der Waals surface area (Å²) in [5, 5.41) is 11.7. The highest BCUT2D eigenvalue weighted by atomic mass is 16.4. The fraction of sp³-hybridized carbons (Fsp3) is 0.333. The Hall–Kier alpha value is -2.30. The minimum atomic E-state index is -0.979. The first-order valence-corrected chi connectivity index (χ1v) is 6.42. The third-order valence-electron chi connectivity index (χ3n) is 2.96. The molecule has 20 heavy (non-hydrogen) atoms. The highest BCUT2D eigenvalue weighted by Crippen LogP contribution is 2.17.